The lowest BCUT2D eigenvalue weighted by atomic mass is 9.76. The first kappa shape index (κ1) is 9.88. The molecule has 0 heterocycles. The fourth-order valence-corrected chi connectivity index (χ4v) is 2.59. The monoisotopic (exact) mass is 263 g/mol. The van der Waals surface area contributed by atoms with Crippen molar-refractivity contribution in [3.8, 4) is 0 Å². The van der Waals surface area contributed by atoms with Crippen molar-refractivity contribution in [3.05, 3.63) is 0 Å². The van der Waals surface area contributed by atoms with Crippen LogP contribution in [0.1, 0.15) is 45.4 Å². The first-order valence-corrected chi connectivity index (χ1v) is 6.01. The highest BCUT2D eigenvalue weighted by atomic mass is 127. The molecule has 0 atom stereocenters. The van der Waals surface area contributed by atoms with E-state index < -0.39 is 0 Å². The second-order valence-corrected chi connectivity index (χ2v) is 4.57. The average Bonchev–Trinajstić information content (AvgIpc) is 1.96. The molecule has 0 aromatic heterocycles. The maximum absolute atomic E-state index is 2.42. The molecule has 0 unspecified atom stereocenters. The van der Waals surface area contributed by atoms with E-state index in [1.54, 1.807) is 0 Å². The number of hydrogen-bond acceptors (Lipinski definition) is 0. The molecule has 0 spiro atoms. The summed E-state index contributed by atoms with van der Waals surface area (Å²) in [6.45, 7) is 2.40. The Bertz CT molecular complexity index is 95.7. The van der Waals surface area contributed by atoms with Crippen LogP contribution in [-0.2, 0) is 0 Å². The van der Waals surface area contributed by atoms with Gasteiger partial charge in [-0.15, -0.1) is 0 Å². The van der Waals surface area contributed by atoms with Crippen molar-refractivity contribution in [2.24, 2.45) is 5.92 Å². The average molecular weight is 263 g/mol. The molecule has 1 fully saturated rings. The maximum atomic E-state index is 2.42. The molecule has 11 heavy (non-hydrogen) atoms. The summed E-state index contributed by atoms with van der Waals surface area (Å²) in [5.74, 6) is 1.91. The lowest BCUT2D eigenvalue weighted by Gasteiger charge is -2.20. The zero-order valence-corrected chi connectivity index (χ0v) is 9.51. The third kappa shape index (κ3) is 3.81. The van der Waals surface area contributed by atoms with Crippen LogP contribution in [0.5, 0.6) is 0 Å². The quantitative estimate of drug-likeness (QED) is 0.498. The topological polar surface area (TPSA) is 0 Å². The predicted octanol–water partition coefficient (Wildman–Crippen LogP) is 3.82. The molecule has 0 amide bonds. The van der Waals surface area contributed by atoms with E-state index in [2.05, 4.69) is 34.4 Å². The highest BCUT2D eigenvalue weighted by Gasteiger charge is 2.13. The van der Waals surface area contributed by atoms with Crippen molar-refractivity contribution in [1.82, 2.24) is 0 Å². The molecule has 1 rings (SSSR count). The molecule has 0 N–H and O–H groups in total. The first-order chi connectivity index (χ1) is 5.33. The third-order valence-corrected chi connectivity index (χ3v) is 3.74. The Morgan fingerprint density at radius 1 is 1.09 bits per heavy atom. The minimum atomic E-state index is 0.920. The van der Waals surface area contributed by atoms with Crippen LogP contribution in [-0.4, -0.2) is 5.14 Å². The molecule has 63 valence electrons. The van der Waals surface area contributed by atoms with Crippen molar-refractivity contribution >= 4 is 27.5 Å². The van der Waals surface area contributed by atoms with Gasteiger partial charge in [0.2, 0.25) is 5.14 Å². The third-order valence-electron chi connectivity index (χ3n) is 2.72. The molecule has 1 radical (unpaired) electrons. The van der Waals surface area contributed by atoms with Crippen LogP contribution in [0.3, 0.4) is 0 Å². The van der Waals surface area contributed by atoms with Gasteiger partial charge in [-0.05, 0) is 5.92 Å². The summed E-state index contributed by atoms with van der Waals surface area (Å²) in [4.78, 5) is 0. The van der Waals surface area contributed by atoms with Gasteiger partial charge in [0.25, 0.3) is 0 Å². The first-order valence-electron chi connectivity index (χ1n) is 4.76. The molecular weight excluding hydrogens is 246 g/mol. The van der Waals surface area contributed by atoms with Crippen molar-refractivity contribution < 1.29 is 0 Å². The molecule has 0 aromatic rings. The fourth-order valence-electron chi connectivity index (χ4n) is 1.87. The van der Waals surface area contributed by atoms with Crippen LogP contribution in [0.25, 0.3) is 0 Å². The van der Waals surface area contributed by atoms with Crippen LogP contribution in [0.4, 0.5) is 0 Å². The zero-order valence-electron chi connectivity index (χ0n) is 7.35. The maximum Gasteiger partial charge on any atom is 0.203 e. The Balaban J connectivity index is 2.22. The van der Waals surface area contributed by atoms with Gasteiger partial charge in [0.05, 0.1) is 0 Å². The van der Waals surface area contributed by atoms with E-state index in [1.807, 2.05) is 0 Å². The van der Waals surface area contributed by atoms with Gasteiger partial charge in [-0.1, -0.05) is 51.3 Å². The lowest BCUT2D eigenvalue weighted by molar-refractivity contribution is 0.404. The van der Waals surface area contributed by atoms with Gasteiger partial charge < -0.3 is 0 Å². The number of rotatable bonds is 1. The van der Waals surface area contributed by atoms with E-state index in [-0.39, 0.29) is 0 Å². The second kappa shape index (κ2) is 5.44. The molecule has 1 aliphatic rings. The fraction of sp³-hybridized carbons (Fsp3) is 1.00. The van der Waals surface area contributed by atoms with Gasteiger partial charge in [-0.2, -0.15) is 22.4 Å². The highest BCUT2D eigenvalue weighted by molar-refractivity contribution is 14.1. The van der Waals surface area contributed by atoms with Gasteiger partial charge in [-0.3, -0.25) is 0 Å². The van der Waals surface area contributed by atoms with Crippen LogP contribution < -0.4 is 0 Å². The summed E-state index contributed by atoms with van der Waals surface area (Å²) in [5.41, 5.74) is 0. The summed E-state index contributed by atoms with van der Waals surface area (Å²) in [6, 6.07) is 0. The van der Waals surface area contributed by atoms with E-state index in [9.17, 15) is 0 Å². The van der Waals surface area contributed by atoms with Gasteiger partial charge in [0, 0.05) is 0 Å². The number of hydrogen-bond donors (Lipinski definition) is 0. The summed E-state index contributed by atoms with van der Waals surface area (Å²) in [5, 5.41) is 2.37. The zero-order chi connectivity index (χ0) is 8.10. The van der Waals surface area contributed by atoms with Crippen molar-refractivity contribution in [2.45, 2.75) is 51.3 Å². The Morgan fingerprint density at radius 3 is 2.09 bits per heavy atom. The molecular formula is C9H17BI. The van der Waals surface area contributed by atoms with Gasteiger partial charge in [0.15, 0.2) is 0 Å². The predicted molar refractivity (Wildman–Crippen MR) is 60.4 cm³/mol. The van der Waals surface area contributed by atoms with E-state index in [0.29, 0.717) is 0 Å². The molecule has 0 saturated heterocycles. The van der Waals surface area contributed by atoms with Crippen LogP contribution in [0.15, 0.2) is 0 Å². The summed E-state index contributed by atoms with van der Waals surface area (Å²) >= 11 is 2.42. The summed E-state index contributed by atoms with van der Waals surface area (Å²) < 4.78 is 0. The van der Waals surface area contributed by atoms with Crippen LogP contribution in [0.2, 0.25) is 5.82 Å². The molecule has 0 nitrogen and oxygen atoms in total. The minimum absolute atomic E-state index is 0.920. The normalized spacial score (nSPS) is 34.0. The largest absolute Gasteiger partial charge is 0.203 e. The van der Waals surface area contributed by atoms with E-state index in [0.717, 1.165) is 11.7 Å². The number of halogens is 1. The minimum Gasteiger partial charge on any atom is -0.158 e. The van der Waals surface area contributed by atoms with Crippen molar-refractivity contribution in [1.29, 1.82) is 0 Å². The molecule has 1 saturated carbocycles. The smallest absolute Gasteiger partial charge is 0.158 e. The Kier molecular flexibility index (Phi) is 4.89. The Labute approximate surface area is 84.6 Å². The van der Waals surface area contributed by atoms with E-state index in [4.69, 9.17) is 0 Å². The summed E-state index contributed by atoms with van der Waals surface area (Å²) in [7, 11) is 0. The molecule has 2 heteroatoms. The van der Waals surface area contributed by atoms with Crippen LogP contribution in [0, 0.1) is 5.92 Å². The van der Waals surface area contributed by atoms with Gasteiger partial charge in [0.1, 0.15) is 0 Å². The Hall–Kier alpha value is 0.795. The summed E-state index contributed by atoms with van der Waals surface area (Å²) in [6.07, 6.45) is 8.69. The molecule has 0 aromatic carbocycles. The van der Waals surface area contributed by atoms with Crippen molar-refractivity contribution in [2.75, 3.05) is 0 Å². The van der Waals surface area contributed by atoms with Gasteiger partial charge in [-0.25, -0.2) is 0 Å². The second-order valence-electron chi connectivity index (χ2n) is 3.85. The van der Waals surface area contributed by atoms with Crippen LogP contribution >= 0.6 is 22.4 Å². The standard InChI is InChI=1S/C9H17BI/c1-8-4-2-6-9(10-11)7-3-5-8/h8-9H,2-7H2,1H3. The Morgan fingerprint density at radius 2 is 1.64 bits per heavy atom. The molecule has 0 bridgehead atoms. The van der Waals surface area contributed by atoms with E-state index >= 15 is 0 Å². The van der Waals surface area contributed by atoms with Crippen molar-refractivity contribution in [3.63, 3.8) is 0 Å². The molecule has 0 aliphatic heterocycles. The molecule has 1 aliphatic carbocycles. The highest BCUT2D eigenvalue weighted by Crippen LogP contribution is 2.29. The lowest BCUT2D eigenvalue weighted by Crippen LogP contribution is -2.05. The van der Waals surface area contributed by atoms with E-state index in [1.165, 1.54) is 38.5 Å². The van der Waals surface area contributed by atoms with Gasteiger partial charge >= 0.3 is 0 Å². The SMILES string of the molecule is CC1CCCC([B]I)CCC1.